The lowest BCUT2D eigenvalue weighted by Gasteiger charge is -2.51. The molecule has 5 heteroatoms. The van der Waals surface area contributed by atoms with Crippen molar-refractivity contribution < 1.29 is 4.79 Å². The van der Waals surface area contributed by atoms with Crippen LogP contribution in [-0.2, 0) is 4.79 Å². The second kappa shape index (κ2) is 8.31. The van der Waals surface area contributed by atoms with Gasteiger partial charge in [0.15, 0.2) is 0 Å². The lowest BCUT2D eigenvalue weighted by Crippen LogP contribution is -2.60. The molecule has 1 aromatic carbocycles. The molecule has 3 nitrogen and oxygen atoms in total. The zero-order valence-corrected chi connectivity index (χ0v) is 17.7. The van der Waals surface area contributed by atoms with Crippen LogP contribution in [0, 0.1) is 5.92 Å². The van der Waals surface area contributed by atoms with Crippen LogP contribution in [0.4, 0.5) is 0 Å². The Bertz CT molecular complexity index is 687. The third kappa shape index (κ3) is 3.88. The molecule has 1 saturated carbocycles. The van der Waals surface area contributed by atoms with E-state index in [4.69, 9.17) is 23.2 Å². The van der Waals surface area contributed by atoms with Gasteiger partial charge < -0.3 is 4.90 Å². The first-order valence-corrected chi connectivity index (χ1v) is 11.3. The molecule has 27 heavy (non-hydrogen) atoms. The second-order valence-electron chi connectivity index (χ2n) is 8.56. The summed E-state index contributed by atoms with van der Waals surface area (Å²) < 4.78 is 0. The number of rotatable bonds is 3. The first kappa shape index (κ1) is 19.5. The van der Waals surface area contributed by atoms with Crippen molar-refractivity contribution in [3.63, 3.8) is 0 Å². The van der Waals surface area contributed by atoms with E-state index in [1.807, 2.05) is 19.1 Å². The molecule has 4 unspecified atom stereocenters. The lowest BCUT2D eigenvalue weighted by molar-refractivity contribution is -0.141. The highest BCUT2D eigenvalue weighted by atomic mass is 35.5. The van der Waals surface area contributed by atoms with Crippen LogP contribution >= 0.6 is 23.2 Å². The minimum Gasteiger partial charge on any atom is -0.337 e. The van der Waals surface area contributed by atoms with E-state index in [1.165, 1.54) is 51.6 Å². The summed E-state index contributed by atoms with van der Waals surface area (Å²) in [5, 5.41) is 1.07. The highest BCUT2D eigenvalue weighted by Gasteiger charge is 2.44. The van der Waals surface area contributed by atoms with Crippen LogP contribution in [0.3, 0.4) is 0 Å². The molecule has 2 heterocycles. The smallest absolute Gasteiger partial charge is 0.230 e. The van der Waals surface area contributed by atoms with E-state index in [9.17, 15) is 4.79 Å². The minimum atomic E-state index is -0.181. The van der Waals surface area contributed by atoms with E-state index in [0.29, 0.717) is 28.0 Å². The Morgan fingerprint density at radius 1 is 1.00 bits per heavy atom. The van der Waals surface area contributed by atoms with Crippen LogP contribution in [0.5, 0.6) is 0 Å². The van der Waals surface area contributed by atoms with Gasteiger partial charge in [-0.2, -0.15) is 0 Å². The second-order valence-corrected chi connectivity index (χ2v) is 9.38. The van der Waals surface area contributed by atoms with Crippen molar-refractivity contribution in [1.29, 1.82) is 0 Å². The molecule has 0 spiro atoms. The number of piperidine rings is 1. The minimum absolute atomic E-state index is 0.181. The van der Waals surface area contributed by atoms with Crippen molar-refractivity contribution in [2.45, 2.75) is 69.9 Å². The number of benzene rings is 1. The molecule has 1 amide bonds. The molecule has 1 aromatic rings. The van der Waals surface area contributed by atoms with Gasteiger partial charge in [0.25, 0.3) is 0 Å². The summed E-state index contributed by atoms with van der Waals surface area (Å²) in [4.78, 5) is 18.5. The number of carbonyl (C=O) groups excluding carboxylic acids is 1. The molecule has 3 fully saturated rings. The van der Waals surface area contributed by atoms with Gasteiger partial charge in [-0.05, 0) is 82.2 Å². The molecular weight excluding hydrogens is 379 g/mol. The molecule has 0 N–H and O–H groups in total. The Balaban J connectivity index is 1.57. The third-order valence-corrected chi connectivity index (χ3v) is 7.73. The fourth-order valence-electron chi connectivity index (χ4n) is 5.60. The summed E-state index contributed by atoms with van der Waals surface area (Å²) in [6.07, 6.45) is 8.86. The van der Waals surface area contributed by atoms with Gasteiger partial charge in [-0.15, -0.1) is 0 Å². The summed E-state index contributed by atoms with van der Waals surface area (Å²) in [7, 11) is 0. The summed E-state index contributed by atoms with van der Waals surface area (Å²) in [6, 6.07) is 6.54. The summed E-state index contributed by atoms with van der Waals surface area (Å²) >= 11 is 12.3. The molecule has 0 aromatic heterocycles. The van der Waals surface area contributed by atoms with Gasteiger partial charge in [0.05, 0.1) is 22.0 Å². The Morgan fingerprint density at radius 2 is 1.74 bits per heavy atom. The molecule has 4 rings (SSSR count). The lowest BCUT2D eigenvalue weighted by atomic mass is 9.74. The van der Waals surface area contributed by atoms with Crippen LogP contribution in [0.1, 0.15) is 63.4 Å². The fourth-order valence-corrected chi connectivity index (χ4v) is 5.90. The maximum Gasteiger partial charge on any atom is 0.230 e. The topological polar surface area (TPSA) is 23.6 Å². The molecule has 4 atom stereocenters. The van der Waals surface area contributed by atoms with Crippen LogP contribution < -0.4 is 0 Å². The number of amides is 1. The van der Waals surface area contributed by atoms with E-state index in [2.05, 4.69) is 9.80 Å². The van der Waals surface area contributed by atoms with Gasteiger partial charge in [-0.1, -0.05) is 35.7 Å². The van der Waals surface area contributed by atoms with Crippen molar-refractivity contribution >= 4 is 29.1 Å². The Morgan fingerprint density at radius 3 is 2.48 bits per heavy atom. The maximum atomic E-state index is 13.5. The molecule has 2 saturated heterocycles. The van der Waals surface area contributed by atoms with Crippen molar-refractivity contribution in [2.75, 3.05) is 19.6 Å². The molecule has 1 aliphatic carbocycles. The molecular formula is C22H30Cl2N2O. The van der Waals surface area contributed by atoms with E-state index in [0.717, 1.165) is 18.5 Å². The largest absolute Gasteiger partial charge is 0.337 e. The van der Waals surface area contributed by atoms with Crippen LogP contribution in [0.25, 0.3) is 0 Å². The average Bonchev–Trinajstić information content (AvgIpc) is 3.22. The number of fused-ring (bicyclic) bond motifs is 1. The molecule has 0 radical (unpaired) electrons. The number of likely N-dealkylation sites (tertiary alicyclic amines) is 2. The van der Waals surface area contributed by atoms with Crippen LogP contribution in [-0.4, -0.2) is 47.4 Å². The number of nitrogens with zero attached hydrogens (tertiary/aromatic N) is 2. The summed E-state index contributed by atoms with van der Waals surface area (Å²) in [5.41, 5.74) is 0.963. The van der Waals surface area contributed by atoms with Gasteiger partial charge in [-0.25, -0.2) is 0 Å². The van der Waals surface area contributed by atoms with Crippen LogP contribution in [0.15, 0.2) is 18.2 Å². The van der Waals surface area contributed by atoms with Crippen molar-refractivity contribution in [2.24, 2.45) is 5.92 Å². The highest BCUT2D eigenvalue weighted by Crippen LogP contribution is 2.40. The first-order valence-electron chi connectivity index (χ1n) is 10.6. The van der Waals surface area contributed by atoms with E-state index in [1.54, 1.807) is 6.07 Å². The van der Waals surface area contributed by atoms with Gasteiger partial charge in [0.1, 0.15) is 0 Å². The number of hydrogen-bond acceptors (Lipinski definition) is 2. The third-order valence-electron chi connectivity index (χ3n) is 6.99. The van der Waals surface area contributed by atoms with E-state index in [-0.39, 0.29) is 11.8 Å². The Hall–Kier alpha value is -0.770. The monoisotopic (exact) mass is 408 g/mol. The van der Waals surface area contributed by atoms with Crippen molar-refractivity contribution in [1.82, 2.24) is 9.80 Å². The van der Waals surface area contributed by atoms with Gasteiger partial charge in [-0.3, -0.25) is 9.69 Å². The zero-order valence-electron chi connectivity index (χ0n) is 16.2. The van der Waals surface area contributed by atoms with Crippen LogP contribution in [0.2, 0.25) is 10.0 Å². The average molecular weight is 409 g/mol. The van der Waals surface area contributed by atoms with Gasteiger partial charge >= 0.3 is 0 Å². The standard InChI is InChI=1S/C22H30Cl2N2O/c1-15(17-9-10-18(23)19(24)14-17)22(27)26-13-5-7-16-6-4-8-20(21(16)26)25-11-2-3-12-25/h9-10,14-16,20-21H,2-8,11-13H2,1H3. The molecule has 0 bridgehead atoms. The van der Waals surface area contributed by atoms with Gasteiger partial charge in [0, 0.05) is 12.6 Å². The van der Waals surface area contributed by atoms with Crippen molar-refractivity contribution in [3.8, 4) is 0 Å². The molecule has 2 aliphatic heterocycles. The summed E-state index contributed by atoms with van der Waals surface area (Å²) in [5.74, 6) is 0.747. The number of hydrogen-bond donors (Lipinski definition) is 0. The summed E-state index contributed by atoms with van der Waals surface area (Å²) in [6.45, 7) is 5.33. The quantitative estimate of drug-likeness (QED) is 0.672. The SMILES string of the molecule is CC(C(=O)N1CCCC2CCCC(N3CCCC3)C21)c1ccc(Cl)c(Cl)c1. The Labute approximate surface area is 173 Å². The van der Waals surface area contributed by atoms with E-state index >= 15 is 0 Å². The predicted octanol–water partition coefficient (Wildman–Crippen LogP) is 5.35. The first-order chi connectivity index (χ1) is 13.1. The zero-order chi connectivity index (χ0) is 19.0. The predicted molar refractivity (Wildman–Crippen MR) is 112 cm³/mol. The Kier molecular flexibility index (Phi) is 6.01. The molecule has 3 aliphatic rings. The van der Waals surface area contributed by atoms with E-state index < -0.39 is 0 Å². The fraction of sp³-hybridized carbons (Fsp3) is 0.682. The van der Waals surface area contributed by atoms with Gasteiger partial charge in [0.2, 0.25) is 5.91 Å². The maximum absolute atomic E-state index is 13.5. The number of halogens is 2. The normalized spacial score (nSPS) is 30.2. The van der Waals surface area contributed by atoms with Crippen molar-refractivity contribution in [3.05, 3.63) is 33.8 Å². The molecule has 148 valence electrons. The number of carbonyl (C=O) groups is 1. The highest BCUT2D eigenvalue weighted by molar-refractivity contribution is 6.42.